The topological polar surface area (TPSA) is 116 Å². The lowest BCUT2D eigenvalue weighted by molar-refractivity contribution is 0.0735. The third kappa shape index (κ3) is 5.51. The van der Waals surface area contributed by atoms with Crippen molar-refractivity contribution < 1.29 is 23.8 Å². The molecule has 3 aromatic rings. The van der Waals surface area contributed by atoms with E-state index in [9.17, 15) is 9.59 Å². The number of carbonyl (C=O) groups is 2. The zero-order valence-electron chi connectivity index (χ0n) is 19.9. The molecule has 1 aromatic carbocycles. The summed E-state index contributed by atoms with van der Waals surface area (Å²) in [5.41, 5.74) is 1.55. The largest absolute Gasteiger partial charge is 0.490 e. The van der Waals surface area contributed by atoms with Gasteiger partial charge in [0, 0.05) is 35.8 Å². The monoisotopic (exact) mass is 497 g/mol. The molecule has 0 bridgehead atoms. The molecule has 1 aliphatic heterocycles. The van der Waals surface area contributed by atoms with Crippen molar-refractivity contribution in [3.8, 4) is 17.2 Å². The average molecular weight is 498 g/mol. The number of rotatable bonds is 9. The number of thiazole rings is 1. The number of amides is 2. The van der Waals surface area contributed by atoms with Gasteiger partial charge in [0.25, 0.3) is 11.8 Å². The van der Waals surface area contributed by atoms with Crippen LogP contribution in [0.1, 0.15) is 52.2 Å². The van der Waals surface area contributed by atoms with E-state index in [1.807, 2.05) is 20.8 Å². The summed E-state index contributed by atoms with van der Waals surface area (Å²) in [4.78, 5) is 41.0. The van der Waals surface area contributed by atoms with Gasteiger partial charge in [0.2, 0.25) is 5.75 Å². The molecule has 0 fully saturated rings. The molecule has 4 rings (SSSR count). The van der Waals surface area contributed by atoms with Crippen molar-refractivity contribution >= 4 is 28.3 Å². The molecule has 184 valence electrons. The van der Waals surface area contributed by atoms with Crippen LogP contribution in [0.3, 0.4) is 0 Å². The smallest absolute Gasteiger partial charge is 0.277 e. The highest BCUT2D eigenvalue weighted by molar-refractivity contribution is 7.15. The number of benzene rings is 1. The summed E-state index contributed by atoms with van der Waals surface area (Å²) in [6.45, 7) is 7.85. The van der Waals surface area contributed by atoms with Gasteiger partial charge in [-0.3, -0.25) is 19.9 Å². The molecule has 2 amide bonds. The van der Waals surface area contributed by atoms with E-state index in [-0.39, 0.29) is 17.5 Å². The van der Waals surface area contributed by atoms with Crippen LogP contribution in [0.15, 0.2) is 30.7 Å². The van der Waals surface area contributed by atoms with Crippen LogP contribution in [0.25, 0.3) is 0 Å². The highest BCUT2D eigenvalue weighted by atomic mass is 32.1. The van der Waals surface area contributed by atoms with Gasteiger partial charge in [0.1, 0.15) is 5.69 Å². The van der Waals surface area contributed by atoms with E-state index >= 15 is 0 Å². The molecule has 0 saturated carbocycles. The maximum atomic E-state index is 13.4. The second-order valence-electron chi connectivity index (χ2n) is 7.51. The normalized spacial score (nSPS) is 12.6. The van der Waals surface area contributed by atoms with Crippen molar-refractivity contribution in [2.24, 2.45) is 0 Å². The van der Waals surface area contributed by atoms with E-state index in [2.05, 4.69) is 20.3 Å². The van der Waals surface area contributed by atoms with Gasteiger partial charge in [-0.25, -0.2) is 9.97 Å². The van der Waals surface area contributed by atoms with Crippen LogP contribution in [-0.2, 0) is 13.0 Å². The van der Waals surface area contributed by atoms with Crippen LogP contribution in [0.5, 0.6) is 17.2 Å². The second kappa shape index (κ2) is 11.1. The first kappa shape index (κ1) is 24.4. The second-order valence-corrected chi connectivity index (χ2v) is 8.59. The van der Waals surface area contributed by atoms with E-state index in [4.69, 9.17) is 14.2 Å². The quantitative estimate of drug-likeness (QED) is 0.477. The molecule has 1 aliphatic rings. The maximum Gasteiger partial charge on any atom is 0.277 e. The maximum absolute atomic E-state index is 13.4. The Morgan fingerprint density at radius 2 is 1.77 bits per heavy atom. The number of aromatic nitrogens is 3. The highest BCUT2D eigenvalue weighted by Gasteiger charge is 2.27. The Morgan fingerprint density at radius 1 is 1.06 bits per heavy atom. The van der Waals surface area contributed by atoms with Gasteiger partial charge < -0.3 is 19.1 Å². The van der Waals surface area contributed by atoms with Crippen LogP contribution in [0.2, 0.25) is 0 Å². The van der Waals surface area contributed by atoms with Crippen molar-refractivity contribution in [2.45, 2.75) is 33.7 Å². The lowest BCUT2D eigenvalue weighted by atomic mass is 10.1. The predicted molar refractivity (Wildman–Crippen MR) is 130 cm³/mol. The standard InChI is InChI=1S/C24H27N5O5S/c1-4-32-18-11-15(12-19(33-5-2)21(18)34-6-3)23(31)29-10-7-16-20(14-29)35-24(27-16)28-22(30)17-13-25-8-9-26-17/h8-9,11-13H,4-7,10,14H2,1-3H3,(H,27,28,30). The van der Waals surface area contributed by atoms with Gasteiger partial charge >= 0.3 is 0 Å². The summed E-state index contributed by atoms with van der Waals surface area (Å²) in [6.07, 6.45) is 4.95. The minimum absolute atomic E-state index is 0.140. The van der Waals surface area contributed by atoms with Gasteiger partial charge in [-0.1, -0.05) is 11.3 Å². The Balaban J connectivity index is 1.53. The van der Waals surface area contributed by atoms with Crippen LogP contribution < -0.4 is 19.5 Å². The third-order valence-corrected chi connectivity index (χ3v) is 6.19. The molecule has 0 aliphatic carbocycles. The van der Waals surface area contributed by atoms with Gasteiger partial charge in [-0.15, -0.1) is 0 Å². The number of carbonyl (C=O) groups excluding carboxylic acids is 2. The molecule has 35 heavy (non-hydrogen) atoms. The van der Waals surface area contributed by atoms with E-state index in [1.54, 1.807) is 17.0 Å². The fraction of sp³-hybridized carbons (Fsp3) is 0.375. The zero-order valence-corrected chi connectivity index (χ0v) is 20.7. The summed E-state index contributed by atoms with van der Waals surface area (Å²) in [7, 11) is 0. The molecule has 2 aromatic heterocycles. The molecule has 0 radical (unpaired) electrons. The Labute approximate surface area is 207 Å². The minimum atomic E-state index is -0.376. The van der Waals surface area contributed by atoms with Gasteiger partial charge in [-0.2, -0.15) is 0 Å². The van der Waals surface area contributed by atoms with E-state index in [0.717, 1.165) is 10.6 Å². The van der Waals surface area contributed by atoms with Crippen molar-refractivity contribution in [3.05, 3.63) is 52.6 Å². The lowest BCUT2D eigenvalue weighted by Crippen LogP contribution is -2.35. The lowest BCUT2D eigenvalue weighted by Gasteiger charge is -2.27. The summed E-state index contributed by atoms with van der Waals surface area (Å²) >= 11 is 1.35. The summed E-state index contributed by atoms with van der Waals surface area (Å²) in [5.74, 6) is 0.943. The van der Waals surface area contributed by atoms with Gasteiger partial charge in [0.15, 0.2) is 16.6 Å². The van der Waals surface area contributed by atoms with Crippen molar-refractivity contribution in [1.29, 1.82) is 0 Å². The van der Waals surface area contributed by atoms with Crippen LogP contribution in [0.4, 0.5) is 5.13 Å². The number of nitrogens with one attached hydrogen (secondary N) is 1. The van der Waals surface area contributed by atoms with E-state index < -0.39 is 0 Å². The van der Waals surface area contributed by atoms with Crippen molar-refractivity contribution in [2.75, 3.05) is 31.7 Å². The number of nitrogens with zero attached hydrogens (tertiary/aromatic N) is 4. The fourth-order valence-electron chi connectivity index (χ4n) is 3.69. The Kier molecular flexibility index (Phi) is 7.76. The molecule has 1 N–H and O–H groups in total. The zero-order chi connectivity index (χ0) is 24.8. The molecule has 0 saturated heterocycles. The van der Waals surface area contributed by atoms with Crippen LogP contribution >= 0.6 is 11.3 Å². The SMILES string of the molecule is CCOc1cc(C(=O)N2CCc3nc(NC(=O)c4cnccn4)sc3C2)cc(OCC)c1OCC. The van der Waals surface area contributed by atoms with Gasteiger partial charge in [0.05, 0.1) is 38.3 Å². The number of hydrogen-bond donors (Lipinski definition) is 1. The predicted octanol–water partition coefficient (Wildman–Crippen LogP) is 3.58. The van der Waals surface area contributed by atoms with Crippen molar-refractivity contribution in [3.63, 3.8) is 0 Å². The minimum Gasteiger partial charge on any atom is -0.490 e. The Bertz CT molecular complexity index is 1170. The molecule has 3 heterocycles. The van der Waals surface area contributed by atoms with Gasteiger partial charge in [-0.05, 0) is 32.9 Å². The van der Waals surface area contributed by atoms with E-state index in [0.29, 0.717) is 67.3 Å². The Morgan fingerprint density at radius 3 is 2.40 bits per heavy atom. The summed E-state index contributed by atoms with van der Waals surface area (Å²) < 4.78 is 17.3. The van der Waals surface area contributed by atoms with Crippen LogP contribution in [-0.4, -0.2) is 58.0 Å². The Hall–Kier alpha value is -3.73. The number of anilines is 1. The number of ether oxygens (including phenoxy) is 3. The number of hydrogen-bond acceptors (Lipinski definition) is 9. The molecule has 0 unspecified atom stereocenters. The average Bonchev–Trinajstić information content (AvgIpc) is 3.27. The molecule has 11 heteroatoms. The van der Waals surface area contributed by atoms with Crippen LogP contribution in [0, 0.1) is 0 Å². The third-order valence-electron chi connectivity index (χ3n) is 5.19. The summed E-state index contributed by atoms with van der Waals surface area (Å²) in [5, 5.41) is 3.24. The van der Waals surface area contributed by atoms with E-state index in [1.165, 1.54) is 29.9 Å². The molecule has 10 nitrogen and oxygen atoms in total. The highest BCUT2D eigenvalue weighted by Crippen LogP contribution is 2.40. The number of fused-ring (bicyclic) bond motifs is 1. The first-order valence-electron chi connectivity index (χ1n) is 11.5. The molecule has 0 spiro atoms. The van der Waals surface area contributed by atoms with Crippen molar-refractivity contribution in [1.82, 2.24) is 19.9 Å². The first-order valence-corrected chi connectivity index (χ1v) is 12.3. The molecule has 0 atom stereocenters. The summed E-state index contributed by atoms with van der Waals surface area (Å²) in [6, 6.07) is 3.40. The fourth-order valence-corrected chi connectivity index (χ4v) is 4.71. The molecular weight excluding hydrogens is 470 g/mol. The first-order chi connectivity index (χ1) is 17.0. The molecular formula is C24H27N5O5S.